The molecule has 0 saturated carbocycles. The van der Waals surface area contributed by atoms with Crippen molar-refractivity contribution in [3.05, 3.63) is 80.5 Å². The van der Waals surface area contributed by atoms with Crippen LogP contribution in [0.2, 0.25) is 5.02 Å². The average Bonchev–Trinajstić information content (AvgIpc) is 3.16. The second-order valence-corrected chi connectivity index (χ2v) is 7.64. The van der Waals surface area contributed by atoms with Crippen molar-refractivity contribution < 1.29 is 9.72 Å². The van der Waals surface area contributed by atoms with Crippen LogP contribution in [0, 0.1) is 10.1 Å². The molecule has 1 aliphatic carbocycles. The van der Waals surface area contributed by atoms with E-state index in [1.54, 1.807) is 22.9 Å². The van der Waals surface area contributed by atoms with E-state index in [4.69, 9.17) is 11.6 Å². The van der Waals surface area contributed by atoms with Crippen LogP contribution in [0.4, 0.5) is 11.6 Å². The molecule has 2 aliphatic rings. The SMILES string of the molecule is O=C1CCCC2=C1C(c1ccc([N+](=O)[O-])cc1)n1nc(-c3ccccc3Cl)nc1N2. The number of anilines is 1. The number of nitrogens with zero attached hydrogens (tertiary/aromatic N) is 4. The molecule has 0 spiro atoms. The first kappa shape index (κ1) is 18.5. The molecule has 0 radical (unpaired) electrons. The highest BCUT2D eigenvalue weighted by molar-refractivity contribution is 6.33. The summed E-state index contributed by atoms with van der Waals surface area (Å²) in [5, 5.41) is 19.5. The predicted octanol–water partition coefficient (Wildman–Crippen LogP) is 4.53. The zero-order chi connectivity index (χ0) is 20.8. The van der Waals surface area contributed by atoms with Crippen LogP contribution in [0.25, 0.3) is 11.4 Å². The van der Waals surface area contributed by atoms with Gasteiger partial charge in [0.05, 0.1) is 9.95 Å². The van der Waals surface area contributed by atoms with Gasteiger partial charge < -0.3 is 5.32 Å². The van der Waals surface area contributed by atoms with E-state index in [1.807, 2.05) is 18.2 Å². The van der Waals surface area contributed by atoms with Gasteiger partial charge in [0.2, 0.25) is 5.95 Å². The van der Waals surface area contributed by atoms with Gasteiger partial charge in [-0.1, -0.05) is 23.7 Å². The summed E-state index contributed by atoms with van der Waals surface area (Å²) in [6, 6.07) is 13.0. The van der Waals surface area contributed by atoms with Crippen molar-refractivity contribution in [3.63, 3.8) is 0 Å². The molecule has 0 amide bonds. The molecule has 0 bridgehead atoms. The lowest BCUT2D eigenvalue weighted by Crippen LogP contribution is -2.31. The number of rotatable bonds is 3. The summed E-state index contributed by atoms with van der Waals surface area (Å²) in [5.41, 5.74) is 2.89. The number of nitro benzene ring substituents is 1. The van der Waals surface area contributed by atoms with Gasteiger partial charge in [-0.05, 0) is 42.7 Å². The Balaban J connectivity index is 1.67. The molecule has 9 heteroatoms. The summed E-state index contributed by atoms with van der Waals surface area (Å²) in [7, 11) is 0. The number of Topliss-reactive ketones (excluding diaryl/α,β-unsaturated/α-hetero) is 1. The molecule has 150 valence electrons. The third-order valence-corrected chi connectivity index (χ3v) is 5.73. The number of non-ortho nitro benzene ring substituents is 1. The number of ketones is 1. The topological polar surface area (TPSA) is 103 Å². The zero-order valence-corrected chi connectivity index (χ0v) is 16.5. The van der Waals surface area contributed by atoms with Crippen LogP contribution in [0.1, 0.15) is 30.9 Å². The largest absolute Gasteiger partial charge is 0.328 e. The third kappa shape index (κ3) is 2.96. The highest BCUT2D eigenvalue weighted by Gasteiger charge is 2.37. The average molecular weight is 422 g/mol. The third-order valence-electron chi connectivity index (χ3n) is 5.40. The van der Waals surface area contributed by atoms with Gasteiger partial charge in [-0.2, -0.15) is 4.98 Å². The quantitative estimate of drug-likeness (QED) is 0.492. The highest BCUT2D eigenvalue weighted by Crippen LogP contribution is 2.41. The molecule has 1 aliphatic heterocycles. The van der Waals surface area contributed by atoms with Crippen LogP contribution in [-0.4, -0.2) is 25.5 Å². The van der Waals surface area contributed by atoms with Gasteiger partial charge >= 0.3 is 0 Å². The first-order chi connectivity index (χ1) is 14.5. The lowest BCUT2D eigenvalue weighted by molar-refractivity contribution is -0.384. The monoisotopic (exact) mass is 421 g/mol. The minimum atomic E-state index is -0.506. The van der Waals surface area contributed by atoms with Crippen molar-refractivity contribution in [2.75, 3.05) is 5.32 Å². The Bertz CT molecular complexity index is 1220. The number of fused-ring (bicyclic) bond motifs is 1. The minimum absolute atomic E-state index is 0.00701. The minimum Gasteiger partial charge on any atom is -0.328 e. The number of nitrogens with one attached hydrogen (secondary N) is 1. The molecule has 3 aromatic rings. The zero-order valence-electron chi connectivity index (χ0n) is 15.7. The Morgan fingerprint density at radius 2 is 1.90 bits per heavy atom. The maximum absolute atomic E-state index is 12.8. The molecular formula is C21H16ClN5O3. The van der Waals surface area contributed by atoms with E-state index >= 15 is 0 Å². The fourth-order valence-electron chi connectivity index (χ4n) is 4.00. The molecule has 0 fully saturated rings. The van der Waals surface area contributed by atoms with Crippen molar-refractivity contribution in [3.8, 4) is 11.4 Å². The smallest absolute Gasteiger partial charge is 0.269 e. The summed E-state index contributed by atoms with van der Waals surface area (Å²) in [6.07, 6.45) is 1.97. The Kier molecular flexibility index (Phi) is 4.36. The molecule has 8 nitrogen and oxygen atoms in total. The predicted molar refractivity (Wildman–Crippen MR) is 111 cm³/mol. The van der Waals surface area contributed by atoms with Gasteiger partial charge in [-0.3, -0.25) is 14.9 Å². The number of allylic oxidation sites excluding steroid dienone is 2. The number of aromatic nitrogens is 3. The first-order valence-electron chi connectivity index (χ1n) is 9.52. The summed E-state index contributed by atoms with van der Waals surface area (Å²) in [5.74, 6) is 1.01. The van der Waals surface area contributed by atoms with E-state index in [-0.39, 0.29) is 11.5 Å². The van der Waals surface area contributed by atoms with E-state index in [9.17, 15) is 14.9 Å². The second kappa shape index (κ2) is 7.07. The van der Waals surface area contributed by atoms with Crippen molar-refractivity contribution >= 4 is 29.0 Å². The Morgan fingerprint density at radius 1 is 1.13 bits per heavy atom. The second-order valence-electron chi connectivity index (χ2n) is 7.23. The first-order valence-corrected chi connectivity index (χ1v) is 9.90. The molecule has 1 N–H and O–H groups in total. The van der Waals surface area contributed by atoms with Gasteiger partial charge in [-0.15, -0.1) is 5.10 Å². The molecular weight excluding hydrogens is 406 g/mol. The molecule has 1 atom stereocenters. The normalized spacial score (nSPS) is 17.9. The molecule has 2 aromatic carbocycles. The van der Waals surface area contributed by atoms with Gasteiger partial charge in [0.15, 0.2) is 11.6 Å². The lowest BCUT2D eigenvalue weighted by atomic mass is 9.85. The summed E-state index contributed by atoms with van der Waals surface area (Å²) >= 11 is 6.33. The van der Waals surface area contributed by atoms with E-state index in [2.05, 4.69) is 15.4 Å². The molecule has 1 unspecified atom stereocenters. The highest BCUT2D eigenvalue weighted by atomic mass is 35.5. The maximum atomic E-state index is 12.8. The Morgan fingerprint density at radius 3 is 2.63 bits per heavy atom. The van der Waals surface area contributed by atoms with Crippen LogP contribution in [-0.2, 0) is 4.79 Å². The van der Waals surface area contributed by atoms with Crippen molar-refractivity contribution in [2.24, 2.45) is 0 Å². The molecule has 0 saturated heterocycles. The van der Waals surface area contributed by atoms with Crippen molar-refractivity contribution in [2.45, 2.75) is 25.3 Å². The number of benzene rings is 2. The van der Waals surface area contributed by atoms with Crippen molar-refractivity contribution in [1.29, 1.82) is 0 Å². The number of hydrogen-bond acceptors (Lipinski definition) is 6. The van der Waals surface area contributed by atoms with E-state index in [1.165, 1.54) is 12.1 Å². The van der Waals surface area contributed by atoms with Crippen LogP contribution in [0.3, 0.4) is 0 Å². The van der Waals surface area contributed by atoms with Crippen molar-refractivity contribution in [1.82, 2.24) is 14.8 Å². The van der Waals surface area contributed by atoms with E-state index < -0.39 is 11.0 Å². The Labute approximate surface area is 176 Å². The Hall–Kier alpha value is -3.52. The summed E-state index contributed by atoms with van der Waals surface area (Å²) < 4.78 is 1.67. The van der Waals surface area contributed by atoms with Gasteiger partial charge in [-0.25, -0.2) is 4.68 Å². The number of carbonyl (C=O) groups excluding carboxylic acids is 1. The van der Waals surface area contributed by atoms with Gasteiger partial charge in [0, 0.05) is 35.4 Å². The maximum Gasteiger partial charge on any atom is 0.269 e. The molecule has 1 aromatic heterocycles. The fourth-order valence-corrected chi connectivity index (χ4v) is 4.22. The number of hydrogen-bond donors (Lipinski definition) is 1. The van der Waals surface area contributed by atoms with Gasteiger partial charge in [0.25, 0.3) is 5.69 Å². The standard InChI is InChI=1S/C21H16ClN5O3/c22-15-5-2-1-4-14(15)20-24-21-23-16-6-3-7-17(28)18(16)19(26(21)25-20)12-8-10-13(11-9-12)27(29)30/h1-2,4-5,8-11,19H,3,6-7H2,(H,23,24,25). The summed E-state index contributed by atoms with van der Waals surface area (Å²) in [6.45, 7) is 0. The number of halogens is 1. The molecule has 30 heavy (non-hydrogen) atoms. The van der Waals surface area contributed by atoms with E-state index in [0.717, 1.165) is 24.1 Å². The molecule has 5 rings (SSSR count). The van der Waals surface area contributed by atoms with Crippen LogP contribution in [0.5, 0.6) is 0 Å². The number of nitro groups is 1. The van der Waals surface area contributed by atoms with Crippen LogP contribution in [0.15, 0.2) is 59.8 Å². The van der Waals surface area contributed by atoms with Crippen LogP contribution >= 0.6 is 11.6 Å². The van der Waals surface area contributed by atoms with Gasteiger partial charge in [0.1, 0.15) is 6.04 Å². The van der Waals surface area contributed by atoms with Crippen LogP contribution < -0.4 is 5.32 Å². The lowest BCUT2D eigenvalue weighted by Gasteiger charge is -2.32. The molecule has 2 heterocycles. The summed E-state index contributed by atoms with van der Waals surface area (Å²) in [4.78, 5) is 28.1. The van der Waals surface area contributed by atoms with E-state index in [0.29, 0.717) is 34.4 Å². The fraction of sp³-hybridized carbons (Fsp3) is 0.190. The number of carbonyl (C=O) groups is 1.